The third-order valence-electron chi connectivity index (χ3n) is 4.26. The fourth-order valence-corrected chi connectivity index (χ4v) is 4.74. The highest BCUT2D eigenvalue weighted by molar-refractivity contribution is 9.10. The summed E-state index contributed by atoms with van der Waals surface area (Å²) in [6.45, 7) is 4.29. The van der Waals surface area contributed by atoms with E-state index in [1.807, 2.05) is 24.3 Å². The van der Waals surface area contributed by atoms with Gasteiger partial charge < -0.3 is 5.32 Å². The number of hydrogen-bond acceptors (Lipinski definition) is 5. The predicted molar refractivity (Wildman–Crippen MR) is 114 cm³/mol. The number of anilines is 1. The Balaban J connectivity index is 1.81. The van der Waals surface area contributed by atoms with Crippen LogP contribution in [0.4, 0.5) is 5.69 Å². The minimum atomic E-state index is -3.62. The van der Waals surface area contributed by atoms with Crippen LogP contribution in [0.3, 0.4) is 0 Å². The van der Waals surface area contributed by atoms with Gasteiger partial charge in [0.15, 0.2) is 5.69 Å². The first-order valence-corrected chi connectivity index (χ1v) is 11.2. The van der Waals surface area contributed by atoms with Gasteiger partial charge in [0.2, 0.25) is 10.0 Å². The van der Waals surface area contributed by atoms with Gasteiger partial charge >= 0.3 is 0 Å². The first-order chi connectivity index (χ1) is 13.9. The molecule has 0 aliphatic carbocycles. The van der Waals surface area contributed by atoms with E-state index >= 15 is 0 Å². The lowest BCUT2D eigenvalue weighted by atomic mass is 10.3. The van der Waals surface area contributed by atoms with Gasteiger partial charge in [-0.15, -0.1) is 5.10 Å². The van der Waals surface area contributed by atoms with E-state index < -0.39 is 15.9 Å². The van der Waals surface area contributed by atoms with Crippen molar-refractivity contribution in [3.8, 4) is 5.69 Å². The van der Waals surface area contributed by atoms with Crippen molar-refractivity contribution in [3.05, 3.63) is 64.9 Å². The van der Waals surface area contributed by atoms with Crippen LogP contribution in [-0.4, -0.2) is 46.7 Å². The van der Waals surface area contributed by atoms with E-state index in [-0.39, 0.29) is 10.6 Å². The molecule has 0 fully saturated rings. The summed E-state index contributed by atoms with van der Waals surface area (Å²) in [4.78, 5) is 12.7. The molecule has 0 aliphatic rings. The first kappa shape index (κ1) is 21.2. The molecule has 152 valence electrons. The predicted octanol–water partition coefficient (Wildman–Crippen LogP) is 3.31. The Morgan fingerprint density at radius 1 is 1.14 bits per heavy atom. The van der Waals surface area contributed by atoms with Gasteiger partial charge in [-0.25, -0.2) is 13.1 Å². The Kier molecular flexibility index (Phi) is 6.46. The van der Waals surface area contributed by atoms with Crippen LogP contribution in [0.15, 0.2) is 64.1 Å². The van der Waals surface area contributed by atoms with E-state index in [0.29, 0.717) is 18.8 Å². The Bertz CT molecular complexity index is 1130. The normalized spacial score (nSPS) is 11.6. The first-order valence-electron chi connectivity index (χ1n) is 8.95. The van der Waals surface area contributed by atoms with Gasteiger partial charge in [0, 0.05) is 23.2 Å². The summed E-state index contributed by atoms with van der Waals surface area (Å²) in [5.41, 5.74) is 1.21. The molecule has 1 amide bonds. The van der Waals surface area contributed by atoms with Gasteiger partial charge in [-0.05, 0) is 46.3 Å². The second-order valence-electron chi connectivity index (χ2n) is 6.07. The molecule has 8 nitrogen and oxygen atoms in total. The maximum absolute atomic E-state index is 12.7. The highest BCUT2D eigenvalue weighted by Crippen LogP contribution is 2.21. The zero-order chi connectivity index (χ0) is 21.0. The molecule has 1 heterocycles. The van der Waals surface area contributed by atoms with Gasteiger partial charge in [0.1, 0.15) is 0 Å². The van der Waals surface area contributed by atoms with Crippen LogP contribution >= 0.6 is 15.9 Å². The number of rotatable bonds is 7. The van der Waals surface area contributed by atoms with Crippen molar-refractivity contribution < 1.29 is 13.2 Å². The van der Waals surface area contributed by atoms with Crippen LogP contribution < -0.4 is 5.32 Å². The van der Waals surface area contributed by atoms with Crippen molar-refractivity contribution in [2.24, 2.45) is 0 Å². The molecule has 3 aromatic rings. The molecule has 1 aromatic heterocycles. The molecule has 29 heavy (non-hydrogen) atoms. The number of aromatic nitrogens is 3. The highest BCUT2D eigenvalue weighted by atomic mass is 79.9. The summed E-state index contributed by atoms with van der Waals surface area (Å²) in [6, 6.07) is 13.6. The Labute approximate surface area is 177 Å². The number of carbonyl (C=O) groups is 1. The summed E-state index contributed by atoms with van der Waals surface area (Å²) in [5, 5.41) is 10.6. The smallest absolute Gasteiger partial charge is 0.277 e. The van der Waals surface area contributed by atoms with E-state index in [2.05, 4.69) is 31.6 Å². The van der Waals surface area contributed by atoms with Crippen molar-refractivity contribution in [1.82, 2.24) is 19.3 Å². The van der Waals surface area contributed by atoms with Crippen molar-refractivity contribution in [2.45, 2.75) is 18.7 Å². The van der Waals surface area contributed by atoms with Crippen molar-refractivity contribution in [1.29, 1.82) is 0 Å². The van der Waals surface area contributed by atoms with Crippen molar-refractivity contribution in [2.75, 3.05) is 18.4 Å². The zero-order valence-corrected chi connectivity index (χ0v) is 18.3. The molecule has 3 rings (SSSR count). The number of nitrogens with zero attached hydrogens (tertiary/aromatic N) is 4. The minimum absolute atomic E-state index is 0.109. The maximum atomic E-state index is 12.7. The number of carbonyl (C=O) groups excluding carboxylic acids is 1. The Hall–Kier alpha value is -2.56. The monoisotopic (exact) mass is 477 g/mol. The molecular formula is C19H20BrN5O3S. The molecule has 0 unspecified atom stereocenters. The number of hydrogen-bond donors (Lipinski definition) is 1. The lowest BCUT2D eigenvalue weighted by Gasteiger charge is -2.18. The highest BCUT2D eigenvalue weighted by Gasteiger charge is 2.22. The third kappa shape index (κ3) is 4.55. The number of sulfonamides is 1. The topological polar surface area (TPSA) is 97.2 Å². The average molecular weight is 478 g/mol. The number of amides is 1. The lowest BCUT2D eigenvalue weighted by Crippen LogP contribution is -2.30. The average Bonchev–Trinajstić information content (AvgIpc) is 3.19. The number of para-hydroxylation sites is 1. The molecule has 0 radical (unpaired) electrons. The number of benzene rings is 2. The molecule has 0 saturated heterocycles. The lowest BCUT2D eigenvalue weighted by molar-refractivity contribution is 0.102. The molecule has 0 atom stereocenters. The Morgan fingerprint density at radius 2 is 1.86 bits per heavy atom. The molecular weight excluding hydrogens is 458 g/mol. The minimum Gasteiger partial charge on any atom is -0.321 e. The van der Waals surface area contributed by atoms with Crippen LogP contribution in [-0.2, 0) is 10.0 Å². The molecule has 0 aliphatic heterocycles. The van der Waals surface area contributed by atoms with E-state index in [9.17, 15) is 13.2 Å². The quantitative estimate of drug-likeness (QED) is 0.562. The summed E-state index contributed by atoms with van der Waals surface area (Å²) >= 11 is 3.43. The second-order valence-corrected chi connectivity index (χ2v) is 8.86. The van der Waals surface area contributed by atoms with E-state index in [0.717, 1.165) is 10.2 Å². The largest absolute Gasteiger partial charge is 0.321 e. The number of nitrogens with one attached hydrogen (secondary N) is 1. The van der Waals surface area contributed by atoms with Gasteiger partial charge in [0.05, 0.1) is 16.8 Å². The van der Waals surface area contributed by atoms with Gasteiger partial charge in [-0.3, -0.25) is 4.79 Å². The maximum Gasteiger partial charge on any atom is 0.277 e. The fraction of sp³-hybridized carbons (Fsp3) is 0.211. The molecule has 0 saturated carbocycles. The zero-order valence-electron chi connectivity index (χ0n) is 15.9. The third-order valence-corrected chi connectivity index (χ3v) is 6.98. The summed E-state index contributed by atoms with van der Waals surface area (Å²) in [7, 11) is -3.62. The molecule has 10 heteroatoms. The van der Waals surface area contributed by atoms with Crippen LogP contribution in [0, 0.1) is 0 Å². The van der Waals surface area contributed by atoms with Crippen molar-refractivity contribution in [3.63, 3.8) is 0 Å². The second kappa shape index (κ2) is 8.85. The standard InChI is InChI=1S/C19H20BrN5O3S/c1-3-24(4-2)29(27,28)15-9-7-8-14(12-15)21-19(26)17-13-25(23-22-17)18-11-6-5-10-16(18)20/h5-13H,3-4H2,1-2H3,(H,21,26). The Morgan fingerprint density at radius 3 is 2.55 bits per heavy atom. The molecule has 1 N–H and O–H groups in total. The van der Waals surface area contributed by atoms with Crippen LogP contribution in [0.25, 0.3) is 5.69 Å². The summed E-state index contributed by atoms with van der Waals surface area (Å²) in [6.07, 6.45) is 1.51. The van der Waals surface area contributed by atoms with E-state index in [1.54, 1.807) is 26.0 Å². The van der Waals surface area contributed by atoms with E-state index in [4.69, 9.17) is 0 Å². The summed E-state index contributed by atoms with van der Waals surface area (Å²) < 4.78 is 29.0. The van der Waals surface area contributed by atoms with E-state index in [1.165, 1.54) is 27.3 Å². The van der Waals surface area contributed by atoms with Gasteiger partial charge in [-0.1, -0.05) is 37.3 Å². The SMILES string of the molecule is CCN(CC)S(=O)(=O)c1cccc(NC(=O)c2cn(-c3ccccc3Br)nn2)c1. The van der Waals surface area contributed by atoms with Crippen molar-refractivity contribution >= 4 is 37.5 Å². The van der Waals surface area contributed by atoms with Crippen LogP contribution in [0.1, 0.15) is 24.3 Å². The van der Waals surface area contributed by atoms with Crippen LogP contribution in [0.2, 0.25) is 0 Å². The summed E-state index contributed by atoms with van der Waals surface area (Å²) in [5.74, 6) is -0.485. The fourth-order valence-electron chi connectivity index (χ4n) is 2.77. The van der Waals surface area contributed by atoms with Gasteiger partial charge in [-0.2, -0.15) is 4.31 Å². The number of halogens is 1. The van der Waals surface area contributed by atoms with Crippen LogP contribution in [0.5, 0.6) is 0 Å². The molecule has 2 aromatic carbocycles. The molecule has 0 spiro atoms. The molecule has 0 bridgehead atoms. The van der Waals surface area contributed by atoms with Gasteiger partial charge in [0.25, 0.3) is 5.91 Å².